The van der Waals surface area contributed by atoms with Crippen LogP contribution in [0.2, 0.25) is 0 Å². The number of rotatable bonds is 4. The van der Waals surface area contributed by atoms with Gasteiger partial charge in [0.2, 0.25) is 0 Å². The summed E-state index contributed by atoms with van der Waals surface area (Å²) in [5, 5.41) is 11.8. The second-order valence-electron chi connectivity index (χ2n) is 4.13. The van der Waals surface area contributed by atoms with Gasteiger partial charge in [-0.05, 0) is 32.0 Å². The summed E-state index contributed by atoms with van der Waals surface area (Å²) in [6.07, 6.45) is 0. The Bertz CT molecular complexity index is 440. The summed E-state index contributed by atoms with van der Waals surface area (Å²) in [5.74, 6) is -1.43. The zero-order chi connectivity index (χ0) is 13.1. The Morgan fingerprint density at radius 1 is 1.35 bits per heavy atom. The molecule has 0 aromatic heterocycles. The van der Waals surface area contributed by atoms with Crippen molar-refractivity contribution in [1.29, 1.82) is 0 Å². The number of methoxy groups -OCH3 is 1. The molecular weight excluding hydrogens is 222 g/mol. The summed E-state index contributed by atoms with van der Waals surface area (Å²) in [5.41, 5.74) is -0.173. The van der Waals surface area contributed by atoms with Crippen LogP contribution in [-0.2, 0) is 9.53 Å². The molecule has 0 spiro atoms. The van der Waals surface area contributed by atoms with Crippen molar-refractivity contribution < 1.29 is 19.4 Å². The zero-order valence-corrected chi connectivity index (χ0v) is 9.98. The van der Waals surface area contributed by atoms with Gasteiger partial charge in [-0.15, -0.1) is 0 Å². The van der Waals surface area contributed by atoms with Crippen LogP contribution in [0.1, 0.15) is 24.2 Å². The summed E-state index contributed by atoms with van der Waals surface area (Å²) in [4.78, 5) is 22.2. The lowest BCUT2D eigenvalue weighted by molar-refractivity contribution is -0.141. The summed E-state index contributed by atoms with van der Waals surface area (Å²) < 4.78 is 4.59. The van der Waals surface area contributed by atoms with Crippen molar-refractivity contribution in [2.45, 2.75) is 19.4 Å². The second-order valence-corrected chi connectivity index (χ2v) is 4.13. The molecule has 0 heterocycles. The van der Waals surface area contributed by atoms with Gasteiger partial charge < -0.3 is 15.2 Å². The molecule has 0 unspecified atom stereocenters. The Hall–Kier alpha value is -2.04. The number of hydrogen-bond donors (Lipinski definition) is 2. The van der Waals surface area contributed by atoms with Crippen LogP contribution in [0.15, 0.2) is 24.3 Å². The highest BCUT2D eigenvalue weighted by atomic mass is 16.5. The van der Waals surface area contributed by atoms with Crippen molar-refractivity contribution in [3.63, 3.8) is 0 Å². The van der Waals surface area contributed by atoms with E-state index in [2.05, 4.69) is 10.1 Å². The summed E-state index contributed by atoms with van der Waals surface area (Å²) in [7, 11) is 1.30. The SMILES string of the molecule is COC(=O)c1cccc(NC(C)(C)C(=O)O)c1. The number of carboxylic acids is 1. The van der Waals surface area contributed by atoms with E-state index in [1.807, 2.05) is 0 Å². The number of aliphatic carboxylic acids is 1. The predicted octanol–water partition coefficient (Wildman–Crippen LogP) is 1.75. The molecule has 5 heteroatoms. The highest BCUT2D eigenvalue weighted by Gasteiger charge is 2.26. The van der Waals surface area contributed by atoms with E-state index in [0.717, 1.165) is 0 Å². The molecule has 1 aromatic rings. The molecule has 0 saturated carbocycles. The van der Waals surface area contributed by atoms with E-state index in [-0.39, 0.29) is 0 Å². The summed E-state index contributed by atoms with van der Waals surface area (Å²) >= 11 is 0. The van der Waals surface area contributed by atoms with Gasteiger partial charge >= 0.3 is 11.9 Å². The fourth-order valence-electron chi connectivity index (χ4n) is 1.26. The van der Waals surface area contributed by atoms with E-state index in [4.69, 9.17) is 5.11 Å². The van der Waals surface area contributed by atoms with E-state index < -0.39 is 17.5 Å². The van der Waals surface area contributed by atoms with Crippen molar-refractivity contribution in [1.82, 2.24) is 0 Å². The maximum atomic E-state index is 11.3. The number of carboxylic acid groups (broad SMARTS) is 1. The van der Waals surface area contributed by atoms with Gasteiger partial charge in [0.15, 0.2) is 0 Å². The highest BCUT2D eigenvalue weighted by molar-refractivity contribution is 5.91. The van der Waals surface area contributed by atoms with Gasteiger partial charge in [0, 0.05) is 5.69 Å². The quantitative estimate of drug-likeness (QED) is 0.780. The first-order valence-corrected chi connectivity index (χ1v) is 5.07. The Balaban J connectivity index is 2.93. The molecule has 5 nitrogen and oxygen atoms in total. The normalized spacial score (nSPS) is 10.8. The Labute approximate surface area is 99.4 Å². The molecule has 2 N–H and O–H groups in total. The minimum Gasteiger partial charge on any atom is -0.480 e. The summed E-state index contributed by atoms with van der Waals surface area (Å²) in [6, 6.07) is 6.50. The molecule has 0 radical (unpaired) electrons. The number of carbonyl (C=O) groups excluding carboxylic acids is 1. The Morgan fingerprint density at radius 2 is 2.00 bits per heavy atom. The van der Waals surface area contributed by atoms with E-state index in [9.17, 15) is 9.59 Å². The molecular formula is C12H15NO4. The monoisotopic (exact) mass is 237 g/mol. The predicted molar refractivity (Wildman–Crippen MR) is 63.1 cm³/mol. The average Bonchev–Trinajstić information content (AvgIpc) is 2.27. The number of benzene rings is 1. The third-order valence-electron chi connectivity index (χ3n) is 2.28. The maximum Gasteiger partial charge on any atom is 0.337 e. The van der Waals surface area contributed by atoms with Crippen molar-refractivity contribution in [3.8, 4) is 0 Å². The maximum absolute atomic E-state index is 11.3. The van der Waals surface area contributed by atoms with Crippen LogP contribution in [0.25, 0.3) is 0 Å². The number of ether oxygens (including phenoxy) is 1. The van der Waals surface area contributed by atoms with Gasteiger partial charge in [-0.3, -0.25) is 0 Å². The van der Waals surface area contributed by atoms with Gasteiger partial charge in [0.1, 0.15) is 5.54 Å². The van der Waals surface area contributed by atoms with Gasteiger partial charge in [0.05, 0.1) is 12.7 Å². The van der Waals surface area contributed by atoms with Crippen LogP contribution >= 0.6 is 0 Å². The first-order chi connectivity index (χ1) is 7.86. The molecule has 0 saturated heterocycles. The molecule has 0 aliphatic heterocycles. The molecule has 1 rings (SSSR count). The first kappa shape index (κ1) is 13.0. The van der Waals surface area contributed by atoms with Crippen LogP contribution in [0, 0.1) is 0 Å². The topological polar surface area (TPSA) is 75.6 Å². The average molecular weight is 237 g/mol. The molecule has 1 aromatic carbocycles. The molecule has 0 atom stereocenters. The lowest BCUT2D eigenvalue weighted by atomic mass is 10.1. The standard InChI is InChI=1S/C12H15NO4/c1-12(2,11(15)16)13-9-6-4-5-8(7-9)10(14)17-3/h4-7,13H,1-3H3,(H,15,16). The van der Waals surface area contributed by atoms with Gasteiger partial charge in [-0.1, -0.05) is 6.07 Å². The van der Waals surface area contributed by atoms with Gasteiger partial charge in [-0.25, -0.2) is 9.59 Å². The molecule has 0 aliphatic carbocycles. The third-order valence-corrected chi connectivity index (χ3v) is 2.28. The summed E-state index contributed by atoms with van der Waals surface area (Å²) in [6.45, 7) is 3.08. The molecule has 0 fully saturated rings. The van der Waals surface area contributed by atoms with Crippen LogP contribution in [-0.4, -0.2) is 29.7 Å². The Kier molecular flexibility index (Phi) is 3.73. The molecule has 0 bridgehead atoms. The molecule has 92 valence electrons. The number of nitrogens with one attached hydrogen (secondary N) is 1. The third kappa shape index (κ3) is 3.21. The zero-order valence-electron chi connectivity index (χ0n) is 9.98. The van der Waals surface area contributed by atoms with Crippen molar-refractivity contribution in [2.24, 2.45) is 0 Å². The van der Waals surface area contributed by atoms with E-state index >= 15 is 0 Å². The van der Waals surface area contributed by atoms with E-state index in [1.54, 1.807) is 38.1 Å². The lowest BCUT2D eigenvalue weighted by Crippen LogP contribution is -2.39. The molecule has 0 amide bonds. The van der Waals surface area contributed by atoms with Crippen LogP contribution in [0.4, 0.5) is 5.69 Å². The van der Waals surface area contributed by atoms with E-state index in [1.165, 1.54) is 7.11 Å². The van der Waals surface area contributed by atoms with Crippen LogP contribution in [0.3, 0.4) is 0 Å². The molecule has 0 aliphatic rings. The number of anilines is 1. The minimum atomic E-state index is -1.10. The first-order valence-electron chi connectivity index (χ1n) is 5.07. The van der Waals surface area contributed by atoms with Crippen LogP contribution < -0.4 is 5.32 Å². The smallest absolute Gasteiger partial charge is 0.337 e. The largest absolute Gasteiger partial charge is 0.480 e. The fourth-order valence-corrected chi connectivity index (χ4v) is 1.26. The number of esters is 1. The number of carbonyl (C=O) groups is 2. The van der Waals surface area contributed by atoms with Crippen molar-refractivity contribution in [3.05, 3.63) is 29.8 Å². The number of hydrogen-bond acceptors (Lipinski definition) is 4. The fraction of sp³-hybridized carbons (Fsp3) is 0.333. The molecule has 17 heavy (non-hydrogen) atoms. The lowest BCUT2D eigenvalue weighted by Gasteiger charge is -2.22. The van der Waals surface area contributed by atoms with Gasteiger partial charge in [-0.2, -0.15) is 0 Å². The van der Waals surface area contributed by atoms with Crippen LogP contribution in [0.5, 0.6) is 0 Å². The van der Waals surface area contributed by atoms with Gasteiger partial charge in [0.25, 0.3) is 0 Å². The van der Waals surface area contributed by atoms with Crippen molar-refractivity contribution in [2.75, 3.05) is 12.4 Å². The van der Waals surface area contributed by atoms with E-state index in [0.29, 0.717) is 11.3 Å². The van der Waals surface area contributed by atoms with Crippen molar-refractivity contribution >= 4 is 17.6 Å². The second kappa shape index (κ2) is 4.86. The minimum absolute atomic E-state index is 0.374. The highest BCUT2D eigenvalue weighted by Crippen LogP contribution is 2.17. The Morgan fingerprint density at radius 3 is 2.53 bits per heavy atom.